The summed E-state index contributed by atoms with van der Waals surface area (Å²) in [6, 6.07) is 8.94. The van der Waals surface area contributed by atoms with E-state index >= 15 is 0 Å². The molecule has 3 nitrogen and oxygen atoms in total. The Balaban J connectivity index is 2.28. The average molecular weight is 344 g/mol. The Morgan fingerprint density at radius 2 is 1.95 bits per heavy atom. The van der Waals surface area contributed by atoms with Crippen LogP contribution in [0.3, 0.4) is 0 Å². The maximum absolute atomic E-state index is 13.2. The van der Waals surface area contributed by atoms with E-state index < -0.39 is 5.82 Å². The van der Waals surface area contributed by atoms with Crippen molar-refractivity contribution in [2.45, 2.75) is 0 Å². The van der Waals surface area contributed by atoms with E-state index in [1.54, 1.807) is 18.2 Å². The highest BCUT2D eigenvalue weighted by Gasteiger charge is 2.07. The van der Waals surface area contributed by atoms with Crippen molar-refractivity contribution in [3.63, 3.8) is 0 Å². The topological polar surface area (TPSA) is 59.1 Å². The molecule has 0 bridgehead atoms. The minimum atomic E-state index is -0.407. The van der Waals surface area contributed by atoms with Gasteiger partial charge in [0.1, 0.15) is 23.2 Å². The minimum absolute atomic E-state index is 0.120. The highest BCUT2D eigenvalue weighted by molar-refractivity contribution is 9.10. The monoisotopic (exact) mass is 342 g/mol. The number of nitrogens with one attached hydrogen (secondary N) is 1. The van der Waals surface area contributed by atoms with Gasteiger partial charge >= 0.3 is 0 Å². The lowest BCUT2D eigenvalue weighted by atomic mass is 10.2. The van der Waals surface area contributed by atoms with Crippen molar-refractivity contribution in [1.82, 2.24) is 0 Å². The molecule has 6 heteroatoms. The summed E-state index contributed by atoms with van der Waals surface area (Å²) in [4.78, 5) is 0. The lowest BCUT2D eigenvalue weighted by Crippen LogP contribution is -2.11. The summed E-state index contributed by atoms with van der Waals surface area (Å²) in [5.41, 5.74) is 5.78. The summed E-state index contributed by atoms with van der Waals surface area (Å²) in [5.74, 6) is 0.256. The van der Waals surface area contributed by atoms with Gasteiger partial charge in [0.05, 0.1) is 5.02 Å². The van der Waals surface area contributed by atoms with E-state index in [1.807, 2.05) is 0 Å². The molecule has 19 heavy (non-hydrogen) atoms. The highest BCUT2D eigenvalue weighted by Crippen LogP contribution is 2.29. The molecule has 98 valence electrons. The fraction of sp³-hybridized carbons (Fsp3) is 0. The minimum Gasteiger partial charge on any atom is -0.457 e. The van der Waals surface area contributed by atoms with Crippen molar-refractivity contribution in [2.24, 2.45) is 5.73 Å². The van der Waals surface area contributed by atoms with Crippen LogP contribution in [0, 0.1) is 11.2 Å². The fourth-order valence-corrected chi connectivity index (χ4v) is 2.22. The van der Waals surface area contributed by atoms with Crippen molar-refractivity contribution < 1.29 is 9.13 Å². The molecule has 0 spiro atoms. The number of halogens is 3. The molecule has 2 rings (SSSR count). The number of nitrogens with two attached hydrogens (primary N) is 1. The number of benzene rings is 2. The Kier molecular flexibility index (Phi) is 4.07. The number of ether oxygens (including phenoxy) is 1. The van der Waals surface area contributed by atoms with Gasteiger partial charge in [0, 0.05) is 22.2 Å². The van der Waals surface area contributed by atoms with E-state index in [0.29, 0.717) is 26.6 Å². The smallest absolute Gasteiger partial charge is 0.131 e. The summed E-state index contributed by atoms with van der Waals surface area (Å²) in [6.45, 7) is 0. The molecule has 0 unspecified atom stereocenters. The fourth-order valence-electron chi connectivity index (χ4n) is 1.50. The van der Waals surface area contributed by atoms with E-state index in [1.165, 1.54) is 18.2 Å². The first-order chi connectivity index (χ1) is 8.95. The second kappa shape index (κ2) is 5.59. The number of nitrogen functional groups attached to an aromatic ring is 1. The van der Waals surface area contributed by atoms with Gasteiger partial charge in [-0.1, -0.05) is 27.5 Å². The quantitative estimate of drug-likeness (QED) is 0.644. The third-order valence-electron chi connectivity index (χ3n) is 2.30. The maximum atomic E-state index is 13.2. The second-order valence-corrected chi connectivity index (χ2v) is 5.09. The Labute approximate surface area is 122 Å². The van der Waals surface area contributed by atoms with Crippen LogP contribution in [-0.4, -0.2) is 5.84 Å². The van der Waals surface area contributed by atoms with Crippen LogP contribution >= 0.6 is 27.5 Å². The molecule has 0 amide bonds. The third kappa shape index (κ3) is 3.45. The zero-order chi connectivity index (χ0) is 14.0. The van der Waals surface area contributed by atoms with Crippen LogP contribution in [0.1, 0.15) is 5.56 Å². The summed E-state index contributed by atoms with van der Waals surface area (Å²) >= 11 is 9.15. The van der Waals surface area contributed by atoms with Gasteiger partial charge in [0.25, 0.3) is 0 Å². The van der Waals surface area contributed by atoms with E-state index in [-0.39, 0.29) is 5.84 Å². The summed E-state index contributed by atoms with van der Waals surface area (Å²) in [6.07, 6.45) is 0. The van der Waals surface area contributed by atoms with Gasteiger partial charge in [0.15, 0.2) is 0 Å². The van der Waals surface area contributed by atoms with Crippen LogP contribution in [0.4, 0.5) is 4.39 Å². The molecule has 0 atom stereocenters. The Morgan fingerprint density at radius 3 is 2.53 bits per heavy atom. The summed E-state index contributed by atoms with van der Waals surface area (Å²) in [7, 11) is 0. The lowest BCUT2D eigenvalue weighted by Gasteiger charge is -2.08. The van der Waals surface area contributed by atoms with Crippen LogP contribution in [0.15, 0.2) is 40.9 Å². The predicted molar refractivity (Wildman–Crippen MR) is 76.6 cm³/mol. The zero-order valence-electron chi connectivity index (χ0n) is 9.58. The van der Waals surface area contributed by atoms with E-state index in [4.69, 9.17) is 27.5 Å². The molecule has 0 fully saturated rings. The van der Waals surface area contributed by atoms with Gasteiger partial charge in [-0.3, -0.25) is 5.41 Å². The van der Waals surface area contributed by atoms with Gasteiger partial charge in [-0.2, -0.15) is 0 Å². The van der Waals surface area contributed by atoms with Crippen molar-refractivity contribution in [1.29, 1.82) is 5.41 Å². The third-order valence-corrected chi connectivity index (χ3v) is 3.07. The zero-order valence-corrected chi connectivity index (χ0v) is 11.9. The Morgan fingerprint density at radius 1 is 1.21 bits per heavy atom. The van der Waals surface area contributed by atoms with Crippen LogP contribution in [0.5, 0.6) is 11.5 Å². The molecule has 0 aliphatic rings. The van der Waals surface area contributed by atoms with E-state index in [9.17, 15) is 4.39 Å². The van der Waals surface area contributed by atoms with E-state index in [2.05, 4.69) is 15.9 Å². The first kappa shape index (κ1) is 13.8. The SMILES string of the molecule is N=C(N)c1ccc(Oc2cc(F)cc(Br)c2)cc1Cl. The maximum Gasteiger partial charge on any atom is 0.131 e. The Hall–Kier alpha value is -1.59. The molecule has 0 aliphatic heterocycles. The highest BCUT2D eigenvalue weighted by atomic mass is 79.9. The van der Waals surface area contributed by atoms with Crippen molar-refractivity contribution in [3.05, 3.63) is 57.3 Å². The molecule has 0 radical (unpaired) electrons. The van der Waals surface area contributed by atoms with Crippen LogP contribution in [0.25, 0.3) is 0 Å². The number of hydrogen-bond acceptors (Lipinski definition) is 2. The van der Waals surface area contributed by atoms with Gasteiger partial charge in [0.2, 0.25) is 0 Å². The molecule has 0 saturated heterocycles. The molecule has 0 heterocycles. The standard InChI is InChI=1S/C13H9BrClFN2O/c14-7-3-8(16)5-10(4-7)19-9-1-2-11(13(17)18)12(15)6-9/h1-6H,(H3,17,18). The van der Waals surface area contributed by atoms with Crippen LogP contribution in [-0.2, 0) is 0 Å². The molecule has 2 aromatic carbocycles. The predicted octanol–water partition coefficient (Wildman–Crippen LogP) is 4.32. The number of amidine groups is 1. The van der Waals surface area contributed by atoms with E-state index in [0.717, 1.165) is 0 Å². The summed E-state index contributed by atoms with van der Waals surface area (Å²) < 4.78 is 19.3. The molecular formula is C13H9BrClFN2O. The summed E-state index contributed by atoms with van der Waals surface area (Å²) in [5, 5.41) is 7.63. The first-order valence-corrected chi connectivity index (χ1v) is 6.40. The Bertz CT molecular complexity index is 628. The van der Waals surface area contributed by atoms with Gasteiger partial charge in [-0.25, -0.2) is 4.39 Å². The van der Waals surface area contributed by atoms with Crippen molar-refractivity contribution in [2.75, 3.05) is 0 Å². The molecule has 0 aromatic heterocycles. The van der Waals surface area contributed by atoms with Gasteiger partial charge < -0.3 is 10.5 Å². The van der Waals surface area contributed by atoms with Crippen LogP contribution in [0.2, 0.25) is 5.02 Å². The number of rotatable bonds is 3. The molecule has 3 N–H and O–H groups in total. The molecule has 0 aliphatic carbocycles. The molecular weight excluding hydrogens is 335 g/mol. The van der Waals surface area contributed by atoms with Crippen molar-refractivity contribution >= 4 is 33.4 Å². The van der Waals surface area contributed by atoms with Gasteiger partial charge in [-0.15, -0.1) is 0 Å². The van der Waals surface area contributed by atoms with Crippen molar-refractivity contribution in [3.8, 4) is 11.5 Å². The van der Waals surface area contributed by atoms with Gasteiger partial charge in [-0.05, 0) is 24.3 Å². The second-order valence-electron chi connectivity index (χ2n) is 3.76. The average Bonchev–Trinajstić information content (AvgIpc) is 2.26. The molecule has 0 saturated carbocycles. The largest absolute Gasteiger partial charge is 0.457 e. The number of hydrogen-bond donors (Lipinski definition) is 2. The van der Waals surface area contributed by atoms with Crippen LogP contribution < -0.4 is 10.5 Å². The lowest BCUT2D eigenvalue weighted by molar-refractivity contribution is 0.476. The first-order valence-electron chi connectivity index (χ1n) is 5.23. The molecule has 2 aromatic rings. The normalized spacial score (nSPS) is 10.3.